The van der Waals surface area contributed by atoms with E-state index in [-0.39, 0.29) is 5.91 Å². The number of benzene rings is 2. The summed E-state index contributed by atoms with van der Waals surface area (Å²) in [5.41, 5.74) is 2.94. The van der Waals surface area contributed by atoms with E-state index >= 15 is 0 Å². The summed E-state index contributed by atoms with van der Waals surface area (Å²) in [6, 6.07) is 16.1. The number of carbonyl (C=O) groups excluding carboxylic acids is 1. The zero-order valence-corrected chi connectivity index (χ0v) is 21.6. The van der Waals surface area contributed by atoms with Gasteiger partial charge >= 0.3 is 0 Å². The summed E-state index contributed by atoms with van der Waals surface area (Å²) in [6.07, 6.45) is 8.61. The Bertz CT molecular complexity index is 1130. The lowest BCUT2D eigenvalue weighted by Crippen LogP contribution is -2.50. The SMILES string of the molecule is CCN(CC)C(=O)c1ccc2c(c1)Oc1ccccc1N2C1C[C@H]2CC[C@@H](C1)N2CC1=CCCS1. The molecule has 2 aromatic rings. The third-order valence-corrected chi connectivity index (χ3v) is 9.31. The van der Waals surface area contributed by atoms with Gasteiger partial charge in [0.1, 0.15) is 0 Å². The molecule has 4 aliphatic rings. The maximum absolute atomic E-state index is 13.0. The van der Waals surface area contributed by atoms with E-state index in [0.29, 0.717) is 36.8 Å². The standard InChI is InChI=1S/C29H35N3O2S/c1-3-30(4-2)29(33)20-11-14-26-28(16-20)34-27-10-6-5-9-25(27)32(26)23-17-21-12-13-22(18-23)31(21)19-24-8-7-15-35-24/h5-6,8-11,14,16,21-23H,3-4,7,12-13,15,17-19H2,1-2H3/t21-,22+,23?. The van der Waals surface area contributed by atoms with Gasteiger partial charge in [-0.15, -0.1) is 11.8 Å². The maximum atomic E-state index is 13.0. The van der Waals surface area contributed by atoms with Crippen molar-refractivity contribution in [3.8, 4) is 11.5 Å². The Balaban J connectivity index is 1.31. The molecule has 184 valence electrons. The number of nitrogens with zero attached hydrogens (tertiary/aromatic N) is 3. The molecule has 2 bridgehead atoms. The van der Waals surface area contributed by atoms with Crippen LogP contribution in [0.5, 0.6) is 11.5 Å². The number of anilines is 2. The molecule has 4 heterocycles. The Morgan fingerprint density at radius 2 is 1.74 bits per heavy atom. The molecule has 0 aliphatic carbocycles. The van der Waals surface area contributed by atoms with Crippen LogP contribution in [0.4, 0.5) is 11.4 Å². The first-order chi connectivity index (χ1) is 17.2. The smallest absolute Gasteiger partial charge is 0.253 e. The molecule has 0 saturated carbocycles. The molecule has 0 N–H and O–H groups in total. The highest BCUT2D eigenvalue weighted by molar-refractivity contribution is 8.03. The molecule has 0 radical (unpaired) electrons. The van der Waals surface area contributed by atoms with E-state index in [1.165, 1.54) is 37.9 Å². The Hall–Kier alpha value is -2.44. The van der Waals surface area contributed by atoms with Crippen molar-refractivity contribution in [3.63, 3.8) is 0 Å². The van der Waals surface area contributed by atoms with E-state index in [1.54, 1.807) is 4.91 Å². The number of rotatable bonds is 6. The topological polar surface area (TPSA) is 36.0 Å². The van der Waals surface area contributed by atoms with Crippen LogP contribution in [0.2, 0.25) is 0 Å². The summed E-state index contributed by atoms with van der Waals surface area (Å²) in [7, 11) is 0. The highest BCUT2D eigenvalue weighted by atomic mass is 32.2. The Kier molecular flexibility index (Phi) is 6.27. The van der Waals surface area contributed by atoms with Crippen molar-refractivity contribution in [1.29, 1.82) is 0 Å². The third-order valence-electron chi connectivity index (χ3n) is 8.20. The fourth-order valence-electron chi connectivity index (χ4n) is 6.48. The predicted molar refractivity (Wildman–Crippen MR) is 144 cm³/mol. The van der Waals surface area contributed by atoms with Crippen molar-refractivity contribution in [2.24, 2.45) is 0 Å². The van der Waals surface area contributed by atoms with Crippen molar-refractivity contribution in [2.75, 3.05) is 30.3 Å². The first-order valence-electron chi connectivity index (χ1n) is 13.2. The average molecular weight is 490 g/mol. The molecule has 2 saturated heterocycles. The molecule has 1 amide bonds. The number of piperidine rings is 1. The minimum Gasteiger partial charge on any atom is -0.453 e. The number of thioether (sulfide) groups is 1. The van der Waals surface area contributed by atoms with Crippen LogP contribution in [0.25, 0.3) is 0 Å². The lowest BCUT2D eigenvalue weighted by Gasteiger charge is -2.46. The molecule has 1 unspecified atom stereocenters. The summed E-state index contributed by atoms with van der Waals surface area (Å²) in [5.74, 6) is 3.00. The van der Waals surface area contributed by atoms with Crippen LogP contribution >= 0.6 is 11.8 Å². The van der Waals surface area contributed by atoms with Gasteiger partial charge in [0.15, 0.2) is 11.5 Å². The maximum Gasteiger partial charge on any atom is 0.253 e. The largest absolute Gasteiger partial charge is 0.453 e. The summed E-state index contributed by atoms with van der Waals surface area (Å²) in [4.78, 5) is 21.8. The van der Waals surface area contributed by atoms with Crippen LogP contribution in [0.15, 0.2) is 53.4 Å². The van der Waals surface area contributed by atoms with Gasteiger partial charge in [-0.05, 0) is 81.2 Å². The Labute approximate surface area is 213 Å². The summed E-state index contributed by atoms with van der Waals surface area (Å²) < 4.78 is 6.38. The highest BCUT2D eigenvalue weighted by Crippen LogP contribution is 2.51. The molecule has 6 rings (SSSR count). The highest BCUT2D eigenvalue weighted by Gasteiger charge is 2.44. The number of amides is 1. The van der Waals surface area contributed by atoms with Crippen LogP contribution in [0.3, 0.4) is 0 Å². The van der Waals surface area contributed by atoms with Crippen LogP contribution in [0.1, 0.15) is 56.3 Å². The third kappa shape index (κ3) is 4.15. The van der Waals surface area contributed by atoms with Gasteiger partial charge in [-0.1, -0.05) is 18.2 Å². The number of ether oxygens (including phenoxy) is 1. The van der Waals surface area contributed by atoms with E-state index < -0.39 is 0 Å². The molecule has 2 aromatic carbocycles. The zero-order valence-electron chi connectivity index (χ0n) is 20.8. The molecular formula is C29H35N3O2S. The predicted octanol–water partition coefficient (Wildman–Crippen LogP) is 6.43. The first kappa shape index (κ1) is 23.0. The van der Waals surface area contributed by atoms with Crippen LogP contribution < -0.4 is 9.64 Å². The van der Waals surface area contributed by atoms with Gasteiger partial charge in [-0.25, -0.2) is 0 Å². The molecule has 35 heavy (non-hydrogen) atoms. The second kappa shape index (κ2) is 9.55. The fourth-order valence-corrected chi connectivity index (χ4v) is 7.45. The quantitative estimate of drug-likeness (QED) is 0.467. The summed E-state index contributed by atoms with van der Waals surface area (Å²) in [6.45, 7) is 6.60. The molecule has 0 spiro atoms. The molecule has 4 aliphatic heterocycles. The average Bonchev–Trinajstić information content (AvgIpc) is 3.47. The number of para-hydroxylation sites is 2. The Morgan fingerprint density at radius 1 is 1.00 bits per heavy atom. The number of hydrogen-bond donors (Lipinski definition) is 0. The van der Waals surface area contributed by atoms with Crippen molar-refractivity contribution in [2.45, 2.75) is 64.1 Å². The van der Waals surface area contributed by atoms with Gasteiger partial charge in [-0.2, -0.15) is 0 Å². The fraction of sp³-hybridized carbons (Fsp3) is 0.483. The number of fused-ring (bicyclic) bond motifs is 4. The minimum atomic E-state index is 0.0669. The van der Waals surface area contributed by atoms with Crippen LogP contribution in [0, 0.1) is 0 Å². The molecule has 3 atom stereocenters. The normalized spacial score (nSPS) is 25.0. The van der Waals surface area contributed by atoms with E-state index in [4.69, 9.17) is 4.74 Å². The van der Waals surface area contributed by atoms with Crippen molar-refractivity contribution in [3.05, 3.63) is 59.0 Å². The molecule has 0 aromatic heterocycles. The second-order valence-corrected chi connectivity index (χ2v) is 11.3. The number of hydrogen-bond acceptors (Lipinski definition) is 5. The van der Waals surface area contributed by atoms with Gasteiger partial charge < -0.3 is 14.5 Å². The summed E-state index contributed by atoms with van der Waals surface area (Å²) in [5, 5.41) is 0. The van der Waals surface area contributed by atoms with Crippen molar-refractivity contribution in [1.82, 2.24) is 9.80 Å². The first-order valence-corrected chi connectivity index (χ1v) is 14.2. The lowest BCUT2D eigenvalue weighted by atomic mass is 9.93. The molecule has 6 heteroatoms. The molecular weight excluding hydrogens is 454 g/mol. The van der Waals surface area contributed by atoms with Gasteiger partial charge in [0.2, 0.25) is 0 Å². The van der Waals surface area contributed by atoms with Crippen LogP contribution in [-0.2, 0) is 0 Å². The van der Waals surface area contributed by atoms with E-state index in [2.05, 4.69) is 40.1 Å². The number of carbonyl (C=O) groups is 1. The van der Waals surface area contributed by atoms with Gasteiger partial charge in [0, 0.05) is 49.1 Å². The number of allylic oxidation sites excluding steroid dienone is 1. The van der Waals surface area contributed by atoms with Crippen LogP contribution in [-0.4, -0.2) is 59.2 Å². The van der Waals surface area contributed by atoms with Crippen molar-refractivity contribution >= 4 is 29.0 Å². The van der Waals surface area contributed by atoms with Crippen molar-refractivity contribution < 1.29 is 9.53 Å². The lowest BCUT2D eigenvalue weighted by molar-refractivity contribution is 0.0772. The van der Waals surface area contributed by atoms with Gasteiger partial charge in [0.05, 0.1) is 11.4 Å². The monoisotopic (exact) mass is 489 g/mol. The summed E-state index contributed by atoms with van der Waals surface area (Å²) >= 11 is 2.05. The minimum absolute atomic E-state index is 0.0669. The zero-order chi connectivity index (χ0) is 23.9. The van der Waals surface area contributed by atoms with Gasteiger partial charge in [-0.3, -0.25) is 9.69 Å². The molecule has 2 fully saturated rings. The van der Waals surface area contributed by atoms with E-state index in [9.17, 15) is 4.79 Å². The van der Waals surface area contributed by atoms with E-state index in [1.807, 2.05) is 48.7 Å². The van der Waals surface area contributed by atoms with E-state index in [0.717, 1.165) is 29.4 Å². The Morgan fingerprint density at radius 3 is 2.46 bits per heavy atom. The second-order valence-electron chi connectivity index (χ2n) is 10.1. The van der Waals surface area contributed by atoms with Gasteiger partial charge in [0.25, 0.3) is 5.91 Å². The molecule has 5 nitrogen and oxygen atoms in total.